The molecule has 8 nitrogen and oxygen atoms in total. The quantitative estimate of drug-likeness (QED) is 0.450. The molecule has 4 aromatic rings. The second-order valence-electron chi connectivity index (χ2n) is 7.45. The van der Waals surface area contributed by atoms with Crippen LogP contribution in [0.1, 0.15) is 11.3 Å². The van der Waals surface area contributed by atoms with Gasteiger partial charge in [-0.3, -0.25) is 4.68 Å². The molecule has 0 radical (unpaired) electrons. The average molecular weight is 475 g/mol. The summed E-state index contributed by atoms with van der Waals surface area (Å²) in [6, 6.07) is 8.18. The number of sulfonamides is 1. The monoisotopic (exact) mass is 475 g/mol. The van der Waals surface area contributed by atoms with Crippen LogP contribution < -0.4 is 0 Å². The van der Waals surface area contributed by atoms with Gasteiger partial charge in [0.05, 0.1) is 5.56 Å². The maximum absolute atomic E-state index is 14.2. The fraction of sp³-hybridized carbons (Fsp3) is 0.190. The second-order valence-corrected chi connectivity index (χ2v) is 9.36. The number of hydrogen-bond donors (Lipinski definition) is 0. The Bertz CT molecular complexity index is 1480. The molecule has 0 saturated heterocycles. The average Bonchev–Trinajstić information content (AvgIpc) is 3.40. The highest BCUT2D eigenvalue weighted by Gasteiger charge is 2.35. The predicted molar refractivity (Wildman–Crippen MR) is 110 cm³/mol. The maximum Gasteiger partial charge on any atom is 0.268 e. The molecule has 0 aliphatic carbocycles. The number of halogens is 3. The molecule has 2 aromatic heterocycles. The zero-order valence-electron chi connectivity index (χ0n) is 17.2. The summed E-state index contributed by atoms with van der Waals surface area (Å²) in [7, 11) is -2.64. The van der Waals surface area contributed by atoms with Gasteiger partial charge in [-0.25, -0.2) is 21.6 Å². The van der Waals surface area contributed by atoms with Crippen molar-refractivity contribution in [1.29, 1.82) is 0 Å². The van der Waals surface area contributed by atoms with Crippen molar-refractivity contribution in [3.8, 4) is 23.0 Å². The van der Waals surface area contributed by atoms with E-state index in [4.69, 9.17) is 4.42 Å². The van der Waals surface area contributed by atoms with E-state index in [-0.39, 0.29) is 42.5 Å². The Morgan fingerprint density at radius 3 is 2.55 bits per heavy atom. The molecule has 0 N–H and O–H groups in total. The molecule has 0 spiro atoms. The van der Waals surface area contributed by atoms with Gasteiger partial charge < -0.3 is 4.42 Å². The van der Waals surface area contributed by atoms with E-state index in [1.165, 1.54) is 18.2 Å². The standard InChI is InChI=1S/C21H16F3N5O3S/c1-28-17-8-9-29(33(30,31)18-10-12(22)6-7-16(18)24)11-14(17)19(27-28)21-26-25-20(32-21)13-4-2-3-5-15(13)23/h2-7,10H,8-9,11H2,1H3. The zero-order valence-corrected chi connectivity index (χ0v) is 18.0. The fourth-order valence-corrected chi connectivity index (χ4v) is 5.31. The fourth-order valence-electron chi connectivity index (χ4n) is 3.82. The first-order valence-corrected chi connectivity index (χ1v) is 11.3. The number of rotatable bonds is 4. The van der Waals surface area contributed by atoms with E-state index in [1.807, 2.05) is 0 Å². The summed E-state index contributed by atoms with van der Waals surface area (Å²) < 4.78 is 76.3. The molecule has 1 aliphatic heterocycles. The Hall–Kier alpha value is -3.51. The Balaban J connectivity index is 1.52. The second kappa shape index (κ2) is 7.81. The maximum atomic E-state index is 14.2. The van der Waals surface area contributed by atoms with Crippen molar-refractivity contribution < 1.29 is 26.0 Å². The zero-order chi connectivity index (χ0) is 23.3. The minimum absolute atomic E-state index is 0.0127. The number of fused-ring (bicyclic) bond motifs is 1. The lowest BCUT2D eigenvalue weighted by molar-refractivity contribution is 0.382. The molecule has 0 unspecified atom stereocenters. The predicted octanol–water partition coefficient (Wildman–Crippen LogP) is 3.30. The van der Waals surface area contributed by atoms with Gasteiger partial charge in [0.1, 0.15) is 22.3 Å². The van der Waals surface area contributed by atoms with Gasteiger partial charge >= 0.3 is 0 Å². The Kier molecular flexibility index (Phi) is 5.05. The van der Waals surface area contributed by atoms with Crippen molar-refractivity contribution in [2.24, 2.45) is 7.05 Å². The number of aromatic nitrogens is 4. The molecule has 0 bridgehead atoms. The molecular weight excluding hydrogens is 459 g/mol. The number of hydrogen-bond acceptors (Lipinski definition) is 6. The van der Waals surface area contributed by atoms with Crippen LogP contribution in [0.2, 0.25) is 0 Å². The highest BCUT2D eigenvalue weighted by Crippen LogP contribution is 2.33. The van der Waals surface area contributed by atoms with Crippen molar-refractivity contribution in [1.82, 2.24) is 24.3 Å². The molecule has 3 heterocycles. The third kappa shape index (κ3) is 3.60. The lowest BCUT2D eigenvalue weighted by atomic mass is 10.1. The molecule has 2 aromatic carbocycles. The summed E-state index contributed by atoms with van der Waals surface area (Å²) in [6.45, 7) is -0.108. The van der Waals surface area contributed by atoms with E-state index >= 15 is 0 Å². The van der Waals surface area contributed by atoms with Gasteiger partial charge in [-0.1, -0.05) is 12.1 Å². The Morgan fingerprint density at radius 1 is 1.00 bits per heavy atom. The van der Waals surface area contributed by atoms with Crippen LogP contribution in [-0.4, -0.2) is 39.2 Å². The number of nitrogens with zero attached hydrogens (tertiary/aromatic N) is 5. The van der Waals surface area contributed by atoms with E-state index in [9.17, 15) is 21.6 Å². The van der Waals surface area contributed by atoms with Crippen LogP contribution in [-0.2, 0) is 30.0 Å². The van der Waals surface area contributed by atoms with E-state index in [0.717, 1.165) is 22.1 Å². The van der Waals surface area contributed by atoms with Crippen molar-refractivity contribution in [3.63, 3.8) is 0 Å². The molecule has 33 heavy (non-hydrogen) atoms. The van der Waals surface area contributed by atoms with E-state index in [2.05, 4.69) is 15.3 Å². The third-order valence-electron chi connectivity index (χ3n) is 5.45. The van der Waals surface area contributed by atoms with E-state index in [1.54, 1.807) is 17.8 Å². The lowest BCUT2D eigenvalue weighted by Gasteiger charge is -2.26. The van der Waals surface area contributed by atoms with Crippen molar-refractivity contribution >= 4 is 10.0 Å². The lowest BCUT2D eigenvalue weighted by Crippen LogP contribution is -2.36. The molecular formula is C21H16F3N5O3S. The van der Waals surface area contributed by atoms with Gasteiger partial charge in [0.15, 0.2) is 5.69 Å². The van der Waals surface area contributed by atoms with Gasteiger partial charge in [-0.05, 0) is 30.3 Å². The van der Waals surface area contributed by atoms with Crippen molar-refractivity contribution in [2.45, 2.75) is 17.9 Å². The molecule has 12 heteroatoms. The van der Waals surface area contributed by atoms with Crippen LogP contribution in [0.3, 0.4) is 0 Å². The Morgan fingerprint density at radius 2 is 1.76 bits per heavy atom. The smallest absolute Gasteiger partial charge is 0.268 e. The van der Waals surface area contributed by atoms with Gasteiger partial charge in [0.25, 0.3) is 11.8 Å². The minimum Gasteiger partial charge on any atom is -0.414 e. The summed E-state index contributed by atoms with van der Waals surface area (Å²) >= 11 is 0. The highest BCUT2D eigenvalue weighted by atomic mass is 32.2. The van der Waals surface area contributed by atoms with Gasteiger partial charge in [0, 0.05) is 37.8 Å². The summed E-state index contributed by atoms with van der Waals surface area (Å²) in [6.07, 6.45) is 0.281. The van der Waals surface area contributed by atoms with Crippen LogP contribution in [0.5, 0.6) is 0 Å². The van der Waals surface area contributed by atoms with Crippen molar-refractivity contribution in [2.75, 3.05) is 6.54 Å². The summed E-state index contributed by atoms with van der Waals surface area (Å²) in [5, 5.41) is 12.2. The van der Waals surface area contributed by atoms with Crippen LogP contribution in [0.4, 0.5) is 13.2 Å². The molecule has 0 atom stereocenters. The minimum atomic E-state index is -4.33. The third-order valence-corrected chi connectivity index (χ3v) is 7.31. The number of benzene rings is 2. The topological polar surface area (TPSA) is 94.1 Å². The van der Waals surface area contributed by atoms with Gasteiger partial charge in [-0.2, -0.15) is 9.40 Å². The Labute approximate surface area is 186 Å². The first kappa shape index (κ1) is 21.3. The van der Waals surface area contributed by atoms with Crippen LogP contribution >= 0.6 is 0 Å². The van der Waals surface area contributed by atoms with Crippen molar-refractivity contribution in [3.05, 3.63) is 71.2 Å². The first-order valence-electron chi connectivity index (χ1n) is 9.84. The molecule has 1 aliphatic rings. The van der Waals surface area contributed by atoms with E-state index in [0.29, 0.717) is 11.6 Å². The van der Waals surface area contributed by atoms with Crippen LogP contribution in [0, 0.1) is 17.5 Å². The molecule has 170 valence electrons. The summed E-state index contributed by atoms with van der Waals surface area (Å²) in [4.78, 5) is -0.740. The number of aryl methyl sites for hydroxylation is 1. The summed E-state index contributed by atoms with van der Waals surface area (Å²) in [5.41, 5.74) is 1.59. The van der Waals surface area contributed by atoms with Gasteiger partial charge in [-0.15, -0.1) is 10.2 Å². The normalized spacial score (nSPS) is 14.4. The van der Waals surface area contributed by atoms with E-state index < -0.39 is 32.4 Å². The molecule has 0 fully saturated rings. The van der Waals surface area contributed by atoms with Crippen LogP contribution in [0.15, 0.2) is 51.8 Å². The van der Waals surface area contributed by atoms with Crippen LogP contribution in [0.25, 0.3) is 23.0 Å². The molecule has 0 saturated carbocycles. The highest BCUT2D eigenvalue weighted by molar-refractivity contribution is 7.89. The molecule has 0 amide bonds. The largest absolute Gasteiger partial charge is 0.414 e. The molecule has 5 rings (SSSR count). The summed E-state index contributed by atoms with van der Waals surface area (Å²) in [5.74, 6) is -2.50. The van der Waals surface area contributed by atoms with Gasteiger partial charge in [0.2, 0.25) is 10.0 Å². The first-order chi connectivity index (χ1) is 15.8. The SMILES string of the molecule is Cn1nc(-c2nnc(-c3ccccc3F)o2)c2c1CCN(S(=O)(=O)c1cc(F)ccc1F)C2.